The Morgan fingerprint density at radius 1 is 0.759 bits per heavy atom. The maximum absolute atomic E-state index is 13.4. The Hall–Kier alpha value is -4.39. The Kier molecular flexibility index (Phi) is 21.3. The summed E-state index contributed by atoms with van der Waals surface area (Å²) in [6, 6.07) is -10.2. The number of carboxylic acid groups (broad SMARTS) is 1. The zero-order valence-electron chi connectivity index (χ0n) is 30.2. The van der Waals surface area contributed by atoms with E-state index in [1.807, 2.05) is 0 Å². The van der Waals surface area contributed by atoms with Crippen molar-refractivity contribution in [1.29, 1.82) is 0 Å². The van der Waals surface area contributed by atoms with E-state index in [2.05, 4.69) is 36.9 Å². The summed E-state index contributed by atoms with van der Waals surface area (Å²) < 4.78 is 0. The number of carboxylic acids is 1. The highest BCUT2D eigenvalue weighted by molar-refractivity contribution is 8.76. The van der Waals surface area contributed by atoms with Crippen molar-refractivity contribution in [1.82, 2.24) is 31.9 Å². The lowest BCUT2D eigenvalue weighted by Crippen LogP contribution is -2.62. The minimum atomic E-state index is -1.73. The van der Waals surface area contributed by atoms with Gasteiger partial charge in [0, 0.05) is 24.5 Å². The molecule has 22 nitrogen and oxygen atoms in total. The van der Waals surface area contributed by atoms with Crippen LogP contribution in [-0.4, -0.2) is 142 Å². The van der Waals surface area contributed by atoms with Crippen LogP contribution >= 0.6 is 21.6 Å². The quantitative estimate of drug-likeness (QED) is 0.0378. The van der Waals surface area contributed by atoms with Crippen LogP contribution in [0.15, 0.2) is 4.99 Å². The van der Waals surface area contributed by atoms with Crippen molar-refractivity contribution in [3.8, 4) is 0 Å². The summed E-state index contributed by atoms with van der Waals surface area (Å²) in [6.45, 7) is 3.72. The largest absolute Gasteiger partial charge is 0.481 e. The summed E-state index contributed by atoms with van der Waals surface area (Å²) in [6.07, 6.45) is -2.61. The number of aliphatic hydroxyl groups excluding tert-OH is 2. The van der Waals surface area contributed by atoms with Gasteiger partial charge in [0.1, 0.15) is 36.3 Å². The van der Waals surface area contributed by atoms with Crippen molar-refractivity contribution in [3.63, 3.8) is 0 Å². The molecule has 0 radical (unpaired) electrons. The second-order valence-electron chi connectivity index (χ2n) is 12.8. The molecular weight excluding hydrogens is 755 g/mol. The van der Waals surface area contributed by atoms with E-state index >= 15 is 0 Å². The van der Waals surface area contributed by atoms with Crippen molar-refractivity contribution in [3.05, 3.63) is 0 Å². The van der Waals surface area contributed by atoms with E-state index in [9.17, 15) is 53.7 Å². The zero-order chi connectivity index (χ0) is 41.1. The minimum absolute atomic E-state index is 0.0362. The molecule has 1 rings (SSSR count). The maximum atomic E-state index is 13.4. The molecule has 1 heterocycles. The smallest absolute Gasteiger partial charge is 0.303 e. The minimum Gasteiger partial charge on any atom is -0.481 e. The first-order valence-electron chi connectivity index (χ1n) is 16.9. The van der Waals surface area contributed by atoms with Crippen molar-refractivity contribution in [2.24, 2.45) is 33.8 Å². The van der Waals surface area contributed by atoms with Gasteiger partial charge in [0.15, 0.2) is 5.96 Å². The number of rotatable bonds is 12. The molecule has 24 heteroatoms. The Labute approximate surface area is 319 Å². The molecule has 0 saturated carbocycles. The highest BCUT2D eigenvalue weighted by atomic mass is 33.1. The summed E-state index contributed by atoms with van der Waals surface area (Å²) in [5, 5.41) is 44.0. The molecular formula is C30H53N11O11S2. The number of aliphatic imine (C=N–C) groups is 1. The number of hydrogen-bond donors (Lipinski definition) is 13. The summed E-state index contributed by atoms with van der Waals surface area (Å²) in [4.78, 5) is 107. The third kappa shape index (κ3) is 17.6. The van der Waals surface area contributed by atoms with Crippen LogP contribution in [0.25, 0.3) is 0 Å². The summed E-state index contributed by atoms with van der Waals surface area (Å²) in [5.41, 5.74) is 22.3. The van der Waals surface area contributed by atoms with Crippen molar-refractivity contribution >= 4 is 74.9 Å². The second-order valence-corrected chi connectivity index (χ2v) is 15.4. The number of guanidine groups is 1. The van der Waals surface area contributed by atoms with Gasteiger partial charge >= 0.3 is 5.97 Å². The molecule has 7 amide bonds. The molecule has 1 fully saturated rings. The van der Waals surface area contributed by atoms with E-state index in [0.29, 0.717) is 0 Å². The number of nitrogens with two attached hydrogens (primary N) is 4. The lowest BCUT2D eigenvalue weighted by molar-refractivity contribution is -0.139. The average Bonchev–Trinajstić information content (AvgIpc) is 3.08. The second kappa shape index (κ2) is 24.1. The lowest BCUT2D eigenvalue weighted by Gasteiger charge is -2.28. The lowest BCUT2D eigenvalue weighted by atomic mass is 10.0. The van der Waals surface area contributed by atoms with Crippen molar-refractivity contribution in [2.45, 2.75) is 101 Å². The predicted octanol–water partition coefficient (Wildman–Crippen LogP) is -5.56. The molecule has 0 bridgehead atoms. The van der Waals surface area contributed by atoms with Crippen LogP contribution in [0.5, 0.6) is 0 Å². The van der Waals surface area contributed by atoms with E-state index in [1.54, 1.807) is 13.8 Å². The van der Waals surface area contributed by atoms with Crippen LogP contribution in [0.4, 0.5) is 0 Å². The third-order valence-electron chi connectivity index (χ3n) is 7.64. The van der Waals surface area contributed by atoms with Crippen LogP contribution in [0, 0.1) is 5.92 Å². The van der Waals surface area contributed by atoms with E-state index in [4.69, 9.17) is 22.9 Å². The first kappa shape index (κ1) is 47.6. The average molecular weight is 808 g/mol. The number of nitrogens with zero attached hydrogens (tertiary/aromatic N) is 1. The van der Waals surface area contributed by atoms with Gasteiger partial charge in [-0.3, -0.25) is 43.3 Å². The Morgan fingerprint density at radius 2 is 1.28 bits per heavy atom. The summed E-state index contributed by atoms with van der Waals surface area (Å²) in [7, 11) is 2.11. The van der Waals surface area contributed by atoms with Gasteiger partial charge in [-0.2, -0.15) is 0 Å². The molecule has 0 unspecified atom stereocenters. The fourth-order valence-electron chi connectivity index (χ4n) is 4.73. The zero-order valence-corrected chi connectivity index (χ0v) is 31.9. The molecule has 0 aromatic carbocycles. The number of nitrogens with one attached hydrogen (secondary N) is 6. The number of aliphatic carboxylic acids is 1. The van der Waals surface area contributed by atoms with Gasteiger partial charge in [0.2, 0.25) is 41.4 Å². The van der Waals surface area contributed by atoms with Gasteiger partial charge in [-0.05, 0) is 38.5 Å². The van der Waals surface area contributed by atoms with Crippen molar-refractivity contribution < 1.29 is 53.7 Å². The molecule has 0 aliphatic carbocycles. The summed E-state index contributed by atoms with van der Waals surface area (Å²) >= 11 is 0. The van der Waals surface area contributed by atoms with Gasteiger partial charge in [-0.15, -0.1) is 0 Å². The van der Waals surface area contributed by atoms with E-state index in [0.717, 1.165) is 28.5 Å². The van der Waals surface area contributed by atoms with E-state index in [1.165, 1.54) is 0 Å². The molecule has 1 saturated heterocycles. The molecule has 8 atom stereocenters. The van der Waals surface area contributed by atoms with Gasteiger partial charge in [0.05, 0.1) is 18.8 Å². The van der Waals surface area contributed by atoms with Crippen LogP contribution in [-0.2, 0) is 38.4 Å². The predicted molar refractivity (Wildman–Crippen MR) is 199 cm³/mol. The maximum Gasteiger partial charge on any atom is 0.303 e. The monoisotopic (exact) mass is 807 g/mol. The van der Waals surface area contributed by atoms with Crippen LogP contribution in [0.1, 0.15) is 52.9 Å². The first-order valence-corrected chi connectivity index (χ1v) is 19.4. The molecule has 0 aromatic rings. The van der Waals surface area contributed by atoms with Gasteiger partial charge in [0.25, 0.3) is 0 Å². The Balaban J connectivity index is 3.60. The standard InChI is InChI=1S/C30H53N11O11S2/c1-13(2)9-18-27(50)40-20(23(32)46)12-54-53-11-15(31)24(47)36-16(5-4-8-35-30(33)34)25(48)39-19(10-42)28(51)37-17(6-7-21(44)45)26(49)41-22(14(3)43)29(52)38-18/h13-20,22,42-43H,4-12,31H2,1-3H3,(H2,32,46)(H,36,47)(H,37,51)(H,38,52)(H,39,48)(H,40,50)(H,41,49)(H,44,45)(H4,33,34,35)/t14-,15-,16-,17-,18-,19+,20-,22+/m1/s1. The van der Waals surface area contributed by atoms with Gasteiger partial charge < -0.3 is 70.2 Å². The molecule has 0 spiro atoms. The highest BCUT2D eigenvalue weighted by Gasteiger charge is 2.35. The number of primary amides is 1. The normalized spacial score (nSPS) is 26.5. The SMILES string of the molecule is CC(C)C[C@H]1NC(=O)[C@H]([C@@H](C)O)NC(=O)[C@@H](CCC(=O)O)NC(=O)[C@H](CO)NC(=O)[C@@H](CCCN=C(N)N)NC(=O)[C@H](N)CSSC[C@H](C(N)=O)NC1=O. The fourth-order valence-corrected chi connectivity index (χ4v) is 7.03. The van der Waals surface area contributed by atoms with Gasteiger partial charge in [-0.25, -0.2) is 0 Å². The molecule has 1 aliphatic heterocycles. The summed E-state index contributed by atoms with van der Waals surface area (Å²) in [5.74, 6) is -8.58. The topological polar surface area (TPSA) is 386 Å². The van der Waals surface area contributed by atoms with Gasteiger partial charge in [-0.1, -0.05) is 35.4 Å². The first-order chi connectivity index (χ1) is 25.3. The highest BCUT2D eigenvalue weighted by Crippen LogP contribution is 2.23. The molecule has 17 N–H and O–H groups in total. The van der Waals surface area contributed by atoms with Crippen LogP contribution < -0.4 is 54.8 Å². The molecule has 0 aromatic heterocycles. The van der Waals surface area contributed by atoms with E-state index < -0.39 is 115 Å². The van der Waals surface area contributed by atoms with Crippen LogP contribution in [0.2, 0.25) is 0 Å². The molecule has 306 valence electrons. The van der Waals surface area contributed by atoms with E-state index in [-0.39, 0.29) is 49.2 Å². The number of amides is 7. The third-order valence-corrected chi connectivity index (χ3v) is 10.1. The number of aliphatic hydroxyl groups is 2. The number of carbonyl (C=O) groups excluding carboxylic acids is 7. The number of carbonyl (C=O) groups is 8. The Morgan fingerprint density at radius 3 is 1.83 bits per heavy atom. The molecule has 54 heavy (non-hydrogen) atoms. The van der Waals surface area contributed by atoms with Crippen molar-refractivity contribution in [2.75, 3.05) is 24.7 Å². The molecule has 1 aliphatic rings. The van der Waals surface area contributed by atoms with Crippen LogP contribution in [0.3, 0.4) is 0 Å². The Bertz CT molecular complexity index is 1370. The fraction of sp³-hybridized carbons (Fsp3) is 0.700. The number of hydrogen-bond acceptors (Lipinski definition) is 14.